The topological polar surface area (TPSA) is 38.0 Å². The van der Waals surface area contributed by atoms with Gasteiger partial charge in [-0.05, 0) is 65.3 Å². The number of hydrazine groups is 1. The molecule has 1 aliphatic carbocycles. The van der Waals surface area contributed by atoms with Gasteiger partial charge in [0.25, 0.3) is 0 Å². The van der Waals surface area contributed by atoms with Crippen LogP contribution in [0.4, 0.5) is 0 Å². The molecule has 2 rings (SSSR count). The summed E-state index contributed by atoms with van der Waals surface area (Å²) in [5, 5.41) is 2.21. The molecule has 1 aliphatic rings. The third-order valence-corrected chi connectivity index (χ3v) is 5.09. The molecule has 1 heterocycles. The Balaban J connectivity index is 2.16. The maximum absolute atomic E-state index is 5.75. The average Bonchev–Trinajstić information content (AvgIpc) is 2.68. The zero-order chi connectivity index (χ0) is 12.1. The minimum absolute atomic E-state index is 0.216. The van der Waals surface area contributed by atoms with Gasteiger partial charge in [-0.2, -0.15) is 0 Å². The molecule has 0 fully saturated rings. The number of halogens is 1. The van der Waals surface area contributed by atoms with Crippen LogP contribution < -0.4 is 11.3 Å². The van der Waals surface area contributed by atoms with Crippen molar-refractivity contribution in [2.24, 2.45) is 5.84 Å². The fourth-order valence-electron chi connectivity index (χ4n) is 2.37. The van der Waals surface area contributed by atoms with Crippen molar-refractivity contribution in [1.29, 1.82) is 0 Å². The van der Waals surface area contributed by atoms with E-state index >= 15 is 0 Å². The third kappa shape index (κ3) is 3.77. The second-order valence-corrected chi connectivity index (χ2v) is 7.32. The van der Waals surface area contributed by atoms with Gasteiger partial charge < -0.3 is 0 Å². The van der Waals surface area contributed by atoms with Crippen LogP contribution in [0.5, 0.6) is 0 Å². The van der Waals surface area contributed by atoms with Crippen LogP contribution >= 0.6 is 33.9 Å². The molecular formula is C13H19IN2S. The molecule has 17 heavy (non-hydrogen) atoms. The van der Waals surface area contributed by atoms with Crippen LogP contribution in [-0.4, -0.2) is 0 Å². The summed E-state index contributed by atoms with van der Waals surface area (Å²) in [5.41, 5.74) is 5.77. The van der Waals surface area contributed by atoms with Gasteiger partial charge in [0.1, 0.15) is 0 Å². The summed E-state index contributed by atoms with van der Waals surface area (Å²) in [6.07, 6.45) is 10.1. The summed E-state index contributed by atoms with van der Waals surface area (Å²) in [7, 11) is 0. The molecule has 0 radical (unpaired) electrons. The summed E-state index contributed by atoms with van der Waals surface area (Å²) in [6, 6.07) is 2.45. The lowest BCUT2D eigenvalue weighted by Gasteiger charge is -2.20. The van der Waals surface area contributed by atoms with Crippen LogP contribution in [0.2, 0.25) is 0 Å². The average molecular weight is 362 g/mol. The van der Waals surface area contributed by atoms with Gasteiger partial charge in [0.15, 0.2) is 0 Å². The number of hydrogen-bond acceptors (Lipinski definition) is 3. The van der Waals surface area contributed by atoms with E-state index in [9.17, 15) is 0 Å². The Bertz CT molecular complexity index is 387. The summed E-state index contributed by atoms with van der Waals surface area (Å²) in [6.45, 7) is 0. The van der Waals surface area contributed by atoms with E-state index in [1.807, 2.05) is 0 Å². The lowest BCUT2D eigenvalue weighted by atomic mass is 9.92. The largest absolute Gasteiger partial charge is 0.271 e. The molecule has 0 saturated heterocycles. The maximum Gasteiger partial charge on any atom is 0.0678 e. The highest BCUT2D eigenvalue weighted by Gasteiger charge is 2.16. The Hall–Kier alpha value is 0.0900. The van der Waals surface area contributed by atoms with Gasteiger partial charge in [-0.15, -0.1) is 11.3 Å². The van der Waals surface area contributed by atoms with Crippen molar-refractivity contribution >= 4 is 33.9 Å². The van der Waals surface area contributed by atoms with E-state index in [4.69, 9.17) is 5.84 Å². The number of nitrogens with two attached hydrogens (primary N) is 1. The summed E-state index contributed by atoms with van der Waals surface area (Å²) in [5.74, 6) is 5.75. The van der Waals surface area contributed by atoms with Crippen molar-refractivity contribution < 1.29 is 0 Å². The van der Waals surface area contributed by atoms with Crippen LogP contribution in [0, 0.1) is 2.88 Å². The van der Waals surface area contributed by atoms with Crippen LogP contribution in [0.1, 0.15) is 50.1 Å². The monoisotopic (exact) mass is 362 g/mol. The number of thiophene rings is 1. The van der Waals surface area contributed by atoms with Gasteiger partial charge >= 0.3 is 0 Å². The molecule has 1 unspecified atom stereocenters. The Morgan fingerprint density at radius 2 is 2.12 bits per heavy atom. The van der Waals surface area contributed by atoms with E-state index in [-0.39, 0.29) is 6.04 Å². The van der Waals surface area contributed by atoms with Gasteiger partial charge in [0, 0.05) is 0 Å². The molecule has 0 amide bonds. The maximum atomic E-state index is 5.75. The first-order valence-corrected chi connectivity index (χ1v) is 8.16. The first-order valence-electron chi connectivity index (χ1n) is 6.20. The lowest BCUT2D eigenvalue weighted by Crippen LogP contribution is -2.29. The number of rotatable bonds is 3. The summed E-state index contributed by atoms with van der Waals surface area (Å²) >= 11 is 4.15. The van der Waals surface area contributed by atoms with Gasteiger partial charge in [0.05, 0.1) is 8.93 Å². The Morgan fingerprint density at radius 1 is 1.29 bits per heavy atom. The fraction of sp³-hybridized carbons (Fsp3) is 0.538. The number of allylic oxidation sites excluding steroid dienone is 1. The molecule has 94 valence electrons. The van der Waals surface area contributed by atoms with Crippen LogP contribution in [0.15, 0.2) is 23.1 Å². The van der Waals surface area contributed by atoms with Crippen molar-refractivity contribution in [1.82, 2.24) is 5.43 Å². The molecular weight excluding hydrogens is 343 g/mol. The second kappa shape index (κ2) is 6.87. The first-order chi connectivity index (χ1) is 8.31. The zero-order valence-electron chi connectivity index (χ0n) is 9.92. The quantitative estimate of drug-likeness (QED) is 0.367. The minimum Gasteiger partial charge on any atom is -0.271 e. The molecule has 1 atom stereocenters. The molecule has 0 aliphatic heterocycles. The van der Waals surface area contributed by atoms with Crippen molar-refractivity contribution in [3.05, 3.63) is 31.5 Å². The van der Waals surface area contributed by atoms with Crippen molar-refractivity contribution in [3.63, 3.8) is 0 Å². The fourth-order valence-corrected chi connectivity index (χ4v) is 3.77. The summed E-state index contributed by atoms with van der Waals surface area (Å²) < 4.78 is 1.32. The minimum atomic E-state index is 0.216. The van der Waals surface area contributed by atoms with E-state index in [0.717, 1.165) is 0 Å². The predicted molar refractivity (Wildman–Crippen MR) is 82.9 cm³/mol. The standard InChI is InChI=1S/C13H19IN2S/c14-12-8-11(9-17-12)13(16-15)10-6-4-2-1-3-5-7-10/h6,8-9,13,16H,1-5,7,15H2. The van der Waals surface area contributed by atoms with Crippen LogP contribution in [0.25, 0.3) is 0 Å². The molecule has 4 heteroatoms. The van der Waals surface area contributed by atoms with E-state index in [1.54, 1.807) is 11.3 Å². The Morgan fingerprint density at radius 3 is 2.82 bits per heavy atom. The summed E-state index contributed by atoms with van der Waals surface area (Å²) in [4.78, 5) is 0. The highest BCUT2D eigenvalue weighted by molar-refractivity contribution is 14.1. The third-order valence-electron chi connectivity index (χ3n) is 3.28. The number of hydrogen-bond donors (Lipinski definition) is 2. The first kappa shape index (κ1) is 13.5. The SMILES string of the molecule is NNC(C1=CCCCCCC1)c1csc(I)c1. The molecule has 0 aromatic carbocycles. The van der Waals surface area contributed by atoms with Gasteiger partial charge in [-0.25, -0.2) is 5.43 Å². The Labute approximate surface area is 121 Å². The van der Waals surface area contributed by atoms with Crippen LogP contribution in [0.3, 0.4) is 0 Å². The van der Waals surface area contributed by atoms with E-state index < -0.39 is 0 Å². The molecule has 1 aromatic rings. The molecule has 3 N–H and O–H groups in total. The van der Waals surface area contributed by atoms with Crippen LogP contribution in [-0.2, 0) is 0 Å². The van der Waals surface area contributed by atoms with E-state index in [0.29, 0.717) is 0 Å². The van der Waals surface area contributed by atoms with E-state index in [1.165, 1.54) is 52.5 Å². The van der Waals surface area contributed by atoms with Gasteiger partial charge in [0.2, 0.25) is 0 Å². The van der Waals surface area contributed by atoms with Gasteiger partial charge in [-0.3, -0.25) is 5.84 Å². The second-order valence-electron chi connectivity index (χ2n) is 4.52. The van der Waals surface area contributed by atoms with Crippen molar-refractivity contribution in [2.45, 2.75) is 44.6 Å². The molecule has 2 nitrogen and oxygen atoms in total. The Kier molecular flexibility index (Phi) is 5.47. The molecule has 0 saturated carbocycles. The molecule has 0 bridgehead atoms. The van der Waals surface area contributed by atoms with Crippen molar-refractivity contribution in [2.75, 3.05) is 0 Å². The highest BCUT2D eigenvalue weighted by Crippen LogP contribution is 2.31. The lowest BCUT2D eigenvalue weighted by molar-refractivity contribution is 0.556. The predicted octanol–water partition coefficient (Wildman–Crippen LogP) is 4.14. The normalized spacial score (nSPS) is 19.3. The molecule has 1 aromatic heterocycles. The van der Waals surface area contributed by atoms with Gasteiger partial charge in [-0.1, -0.05) is 24.5 Å². The van der Waals surface area contributed by atoms with E-state index in [2.05, 4.69) is 45.5 Å². The van der Waals surface area contributed by atoms with Crippen molar-refractivity contribution in [3.8, 4) is 0 Å². The highest BCUT2D eigenvalue weighted by atomic mass is 127. The zero-order valence-corrected chi connectivity index (χ0v) is 12.9. The number of nitrogens with one attached hydrogen (secondary N) is 1. The molecule has 0 spiro atoms. The smallest absolute Gasteiger partial charge is 0.0678 e.